The number of hydrogen-bond acceptors (Lipinski definition) is 6. The molecule has 4 aromatic carbocycles. The Kier molecular flexibility index (Phi) is 8.66. The molecule has 0 bridgehead atoms. The highest BCUT2D eigenvalue weighted by atomic mass is 35.5. The van der Waals surface area contributed by atoms with E-state index in [-0.39, 0.29) is 33.0 Å². The lowest BCUT2D eigenvalue weighted by molar-refractivity contribution is 0.0985. The topological polar surface area (TPSA) is 126 Å². The predicted molar refractivity (Wildman–Crippen MR) is 164 cm³/mol. The molecule has 0 spiro atoms. The number of ketones is 2. The van der Waals surface area contributed by atoms with Crippen molar-refractivity contribution >= 4 is 56.3 Å². The smallest absolute Gasteiger partial charge is 0.272 e. The molecule has 10 heteroatoms. The first-order valence-corrected chi connectivity index (χ1v) is 13.6. The van der Waals surface area contributed by atoms with Crippen LogP contribution in [0.2, 0.25) is 10.3 Å². The van der Waals surface area contributed by atoms with E-state index in [4.69, 9.17) is 23.2 Å². The van der Waals surface area contributed by atoms with Crippen molar-refractivity contribution in [2.75, 3.05) is 0 Å². The van der Waals surface area contributed by atoms with Crippen molar-refractivity contribution < 1.29 is 9.59 Å². The molecule has 208 valence electrons. The summed E-state index contributed by atoms with van der Waals surface area (Å²) in [6.07, 6.45) is 0.601. The van der Waals surface area contributed by atoms with Gasteiger partial charge in [-0.2, -0.15) is 10.2 Å². The van der Waals surface area contributed by atoms with Gasteiger partial charge in [-0.1, -0.05) is 102 Å². The Labute approximate surface area is 248 Å². The largest absolute Gasteiger partial charge is 0.294 e. The van der Waals surface area contributed by atoms with Gasteiger partial charge in [-0.05, 0) is 29.3 Å². The van der Waals surface area contributed by atoms with Gasteiger partial charge in [-0.15, -0.1) is 0 Å². The second-order valence-corrected chi connectivity index (χ2v) is 10.1. The fourth-order valence-electron chi connectivity index (χ4n) is 4.38. The van der Waals surface area contributed by atoms with Crippen LogP contribution in [0.15, 0.2) is 107 Å². The minimum atomic E-state index is -0.358. The highest BCUT2D eigenvalue weighted by Gasteiger charge is 2.12. The minimum absolute atomic E-state index is 0.0283. The van der Waals surface area contributed by atoms with Crippen molar-refractivity contribution in [2.45, 2.75) is 12.8 Å². The standard InChI is InChI=1S/2C16H11ClN2O2/c17-15-13-9-11(6-7-12(13)16(21)19-18-15)14(20)8-10-4-2-1-3-5-10;17-15-12-7-6-11(9-13(12)16(21)19-18-15)14(20)8-10-4-2-1-3-5-10/h2*1-7,9H,8H2,(H,19,21). The van der Waals surface area contributed by atoms with Crippen molar-refractivity contribution in [2.24, 2.45) is 0 Å². The Morgan fingerprint density at radius 2 is 0.976 bits per heavy atom. The number of nitrogens with zero attached hydrogens (tertiary/aromatic N) is 2. The van der Waals surface area contributed by atoms with E-state index in [1.54, 1.807) is 36.4 Å². The molecule has 2 aromatic heterocycles. The lowest BCUT2D eigenvalue weighted by Crippen LogP contribution is -2.10. The van der Waals surface area contributed by atoms with Gasteiger partial charge in [0.15, 0.2) is 21.9 Å². The van der Waals surface area contributed by atoms with Crippen molar-refractivity contribution in [3.8, 4) is 0 Å². The zero-order chi connectivity index (χ0) is 29.6. The third kappa shape index (κ3) is 6.52. The Morgan fingerprint density at radius 3 is 1.50 bits per heavy atom. The summed E-state index contributed by atoms with van der Waals surface area (Å²) in [6, 6.07) is 28.7. The van der Waals surface area contributed by atoms with Gasteiger partial charge in [0.2, 0.25) is 0 Å². The first-order valence-electron chi connectivity index (χ1n) is 12.8. The molecule has 0 aliphatic rings. The fraction of sp³-hybridized carbons (Fsp3) is 0.0625. The quantitative estimate of drug-likeness (QED) is 0.227. The van der Waals surface area contributed by atoms with Gasteiger partial charge in [0, 0.05) is 34.7 Å². The number of halogens is 2. The second kappa shape index (κ2) is 12.7. The van der Waals surface area contributed by atoms with Crippen LogP contribution in [0.5, 0.6) is 0 Å². The molecule has 42 heavy (non-hydrogen) atoms. The monoisotopic (exact) mass is 596 g/mol. The number of aromatic amines is 2. The molecule has 0 unspecified atom stereocenters. The molecule has 0 aliphatic heterocycles. The molecular formula is C32H22Cl2N4O4. The highest BCUT2D eigenvalue weighted by Crippen LogP contribution is 2.21. The molecule has 0 radical (unpaired) electrons. The average molecular weight is 597 g/mol. The molecule has 0 saturated carbocycles. The van der Waals surface area contributed by atoms with Crippen molar-refractivity contribution in [3.63, 3.8) is 0 Å². The molecule has 6 aromatic rings. The van der Waals surface area contributed by atoms with E-state index in [0.29, 0.717) is 45.5 Å². The van der Waals surface area contributed by atoms with Crippen LogP contribution in [0.3, 0.4) is 0 Å². The Morgan fingerprint density at radius 1 is 0.548 bits per heavy atom. The summed E-state index contributed by atoms with van der Waals surface area (Å²) in [5, 5.41) is 14.2. The molecule has 0 atom stereocenters. The maximum absolute atomic E-state index is 12.3. The van der Waals surface area contributed by atoms with Crippen LogP contribution >= 0.6 is 23.2 Å². The van der Waals surface area contributed by atoms with Gasteiger partial charge in [0.05, 0.1) is 10.8 Å². The normalized spacial score (nSPS) is 10.7. The molecule has 0 saturated heterocycles. The summed E-state index contributed by atoms with van der Waals surface area (Å²) in [6.45, 7) is 0. The maximum atomic E-state index is 12.3. The van der Waals surface area contributed by atoms with Gasteiger partial charge in [-0.25, -0.2) is 10.2 Å². The van der Waals surface area contributed by atoms with Crippen LogP contribution in [0.25, 0.3) is 21.5 Å². The molecular weight excluding hydrogens is 575 g/mol. The van der Waals surface area contributed by atoms with Crippen LogP contribution in [-0.2, 0) is 12.8 Å². The zero-order valence-corrected chi connectivity index (χ0v) is 23.4. The molecule has 0 aliphatic carbocycles. The van der Waals surface area contributed by atoms with Gasteiger partial charge < -0.3 is 0 Å². The van der Waals surface area contributed by atoms with Crippen LogP contribution in [0.1, 0.15) is 31.8 Å². The van der Waals surface area contributed by atoms with Gasteiger partial charge in [0.1, 0.15) is 0 Å². The number of nitrogens with one attached hydrogen (secondary N) is 2. The molecule has 0 fully saturated rings. The van der Waals surface area contributed by atoms with Crippen molar-refractivity contribution in [3.05, 3.63) is 150 Å². The van der Waals surface area contributed by atoms with Crippen molar-refractivity contribution in [1.29, 1.82) is 0 Å². The molecule has 0 amide bonds. The third-order valence-corrected chi connectivity index (χ3v) is 7.12. The maximum Gasteiger partial charge on any atom is 0.272 e. The fourth-order valence-corrected chi connectivity index (χ4v) is 4.78. The lowest BCUT2D eigenvalue weighted by Gasteiger charge is -2.04. The number of benzene rings is 4. The van der Waals surface area contributed by atoms with E-state index in [1.165, 1.54) is 0 Å². The second-order valence-electron chi connectivity index (χ2n) is 9.38. The van der Waals surface area contributed by atoms with E-state index in [2.05, 4.69) is 20.4 Å². The number of aromatic nitrogens is 4. The number of carbonyl (C=O) groups is 2. The summed E-state index contributed by atoms with van der Waals surface area (Å²) in [4.78, 5) is 48.0. The zero-order valence-electron chi connectivity index (χ0n) is 21.9. The van der Waals surface area contributed by atoms with Gasteiger partial charge >= 0.3 is 0 Å². The molecule has 2 heterocycles. The number of carbonyl (C=O) groups excluding carboxylic acids is 2. The number of H-pyrrole nitrogens is 2. The van der Waals surface area contributed by atoms with E-state index in [1.807, 2.05) is 60.7 Å². The van der Waals surface area contributed by atoms with E-state index in [0.717, 1.165) is 11.1 Å². The SMILES string of the molecule is O=C(Cc1ccccc1)c1ccc2c(=O)[nH]nc(Cl)c2c1.O=C(Cc1ccccc1)c1ccc2c(Cl)n[nH]c(=O)c2c1. The Bertz CT molecular complexity index is 2040. The summed E-state index contributed by atoms with van der Waals surface area (Å²) >= 11 is 11.9. The van der Waals surface area contributed by atoms with Crippen LogP contribution in [0, 0.1) is 0 Å². The van der Waals surface area contributed by atoms with Crippen LogP contribution in [-0.4, -0.2) is 32.0 Å². The van der Waals surface area contributed by atoms with Gasteiger partial charge in [-0.3, -0.25) is 19.2 Å². The minimum Gasteiger partial charge on any atom is -0.294 e. The van der Waals surface area contributed by atoms with Gasteiger partial charge in [0.25, 0.3) is 11.1 Å². The Hall–Kier alpha value is -4.92. The van der Waals surface area contributed by atoms with E-state index < -0.39 is 0 Å². The van der Waals surface area contributed by atoms with Crippen LogP contribution in [0.4, 0.5) is 0 Å². The third-order valence-electron chi connectivity index (χ3n) is 6.54. The highest BCUT2D eigenvalue weighted by molar-refractivity contribution is 6.34. The number of hydrogen-bond donors (Lipinski definition) is 2. The first kappa shape index (κ1) is 28.6. The molecule has 6 rings (SSSR count). The summed E-state index contributed by atoms with van der Waals surface area (Å²) in [7, 11) is 0. The summed E-state index contributed by atoms with van der Waals surface area (Å²) < 4.78 is 0. The summed E-state index contributed by atoms with van der Waals surface area (Å²) in [5.41, 5.74) is 2.20. The molecule has 2 N–H and O–H groups in total. The number of Topliss-reactive ketones (excluding diaryl/α,β-unsaturated/α-hetero) is 2. The van der Waals surface area contributed by atoms with Crippen LogP contribution < -0.4 is 11.1 Å². The lowest BCUT2D eigenvalue weighted by atomic mass is 10.0. The predicted octanol–water partition coefficient (Wildman–Crippen LogP) is 6.00. The van der Waals surface area contributed by atoms with E-state index in [9.17, 15) is 19.2 Å². The molecule has 8 nitrogen and oxygen atoms in total. The number of rotatable bonds is 6. The van der Waals surface area contributed by atoms with E-state index >= 15 is 0 Å². The van der Waals surface area contributed by atoms with Crippen molar-refractivity contribution in [1.82, 2.24) is 20.4 Å². The first-order chi connectivity index (χ1) is 20.3. The summed E-state index contributed by atoms with van der Waals surface area (Å²) in [5.74, 6) is -0.0742. The Balaban J connectivity index is 0.000000168. The number of fused-ring (bicyclic) bond motifs is 2. The average Bonchev–Trinajstić information content (AvgIpc) is 3.02.